The van der Waals surface area contributed by atoms with Crippen molar-refractivity contribution in [3.8, 4) is 23.0 Å². The number of halogens is 1. The van der Waals surface area contributed by atoms with Crippen LogP contribution in [0.2, 0.25) is 5.02 Å². The summed E-state index contributed by atoms with van der Waals surface area (Å²) in [6.45, 7) is 0. The Morgan fingerprint density at radius 2 is 1.71 bits per heavy atom. The Morgan fingerprint density at radius 1 is 1.00 bits per heavy atom. The van der Waals surface area contributed by atoms with E-state index in [0.29, 0.717) is 5.02 Å². The maximum absolute atomic E-state index is 12.4. The van der Waals surface area contributed by atoms with Gasteiger partial charge in [0.15, 0.2) is 11.5 Å². The topological polar surface area (TPSA) is 181 Å². The van der Waals surface area contributed by atoms with Crippen molar-refractivity contribution in [1.82, 2.24) is 10.1 Å². The quantitative estimate of drug-likeness (QED) is 0.331. The second-order valence-corrected chi connectivity index (χ2v) is 6.29. The van der Waals surface area contributed by atoms with E-state index < -0.39 is 27.5 Å². The molecular weight excluding hydrogens is 438 g/mol. The van der Waals surface area contributed by atoms with Crippen molar-refractivity contribution in [3.63, 3.8) is 0 Å². The van der Waals surface area contributed by atoms with Gasteiger partial charge in [0.2, 0.25) is 5.82 Å². The van der Waals surface area contributed by atoms with Crippen LogP contribution in [0.5, 0.6) is 0 Å². The highest BCUT2D eigenvalue weighted by molar-refractivity contribution is 6.31. The Labute approximate surface area is 175 Å². The molecule has 0 saturated carbocycles. The molecule has 0 unspecified atom stereocenters. The first kappa shape index (κ1) is 19.8. The van der Waals surface area contributed by atoms with E-state index in [4.69, 9.17) is 25.0 Å². The highest BCUT2D eigenvalue weighted by Crippen LogP contribution is 2.32. The van der Waals surface area contributed by atoms with E-state index >= 15 is 0 Å². The molecule has 0 aliphatic carbocycles. The molecule has 0 atom stereocenters. The molecule has 4 rings (SSSR count). The van der Waals surface area contributed by atoms with Crippen molar-refractivity contribution in [1.29, 1.82) is 0 Å². The predicted octanol–water partition coefficient (Wildman–Crippen LogP) is 4.31. The second kappa shape index (κ2) is 7.72. The van der Waals surface area contributed by atoms with Crippen LogP contribution in [0.25, 0.3) is 23.0 Å². The Kier molecular flexibility index (Phi) is 4.92. The van der Waals surface area contributed by atoms with Gasteiger partial charge in [0, 0.05) is 10.6 Å². The van der Waals surface area contributed by atoms with Crippen LogP contribution in [-0.2, 0) is 0 Å². The van der Waals surface area contributed by atoms with Crippen LogP contribution in [0, 0.1) is 20.2 Å². The van der Waals surface area contributed by atoms with Crippen molar-refractivity contribution in [2.75, 3.05) is 5.32 Å². The number of furan rings is 2. The van der Waals surface area contributed by atoms with E-state index in [-0.39, 0.29) is 34.5 Å². The molecule has 1 N–H and O–H groups in total. The number of amides is 1. The third-order valence-corrected chi connectivity index (χ3v) is 4.11. The molecule has 0 aliphatic rings. The van der Waals surface area contributed by atoms with Crippen LogP contribution >= 0.6 is 11.6 Å². The number of nitrogens with one attached hydrogen (secondary N) is 1. The second-order valence-electron chi connectivity index (χ2n) is 5.86. The number of hydrogen-bond acceptors (Lipinski definition) is 10. The van der Waals surface area contributed by atoms with Crippen LogP contribution in [0.1, 0.15) is 10.6 Å². The molecule has 4 aromatic rings. The van der Waals surface area contributed by atoms with E-state index in [1.54, 1.807) is 0 Å². The van der Waals surface area contributed by atoms with Crippen LogP contribution in [0.15, 0.2) is 55.8 Å². The molecule has 0 aliphatic heterocycles. The van der Waals surface area contributed by atoms with Gasteiger partial charge in [-0.15, -0.1) is 0 Å². The summed E-state index contributed by atoms with van der Waals surface area (Å²) in [7, 11) is 0. The molecule has 14 heteroatoms. The van der Waals surface area contributed by atoms with Crippen LogP contribution in [-0.4, -0.2) is 25.9 Å². The number of rotatable bonds is 6. The highest BCUT2D eigenvalue weighted by atomic mass is 35.5. The third kappa shape index (κ3) is 3.97. The molecule has 0 fully saturated rings. The molecule has 13 nitrogen and oxygen atoms in total. The van der Waals surface area contributed by atoms with Gasteiger partial charge < -0.3 is 18.7 Å². The summed E-state index contributed by atoms with van der Waals surface area (Å²) in [5.41, 5.74) is 0.448. The zero-order valence-corrected chi connectivity index (χ0v) is 15.7. The molecule has 3 heterocycles. The Morgan fingerprint density at radius 3 is 2.39 bits per heavy atom. The normalized spacial score (nSPS) is 10.7. The number of benzene rings is 1. The van der Waals surface area contributed by atoms with Gasteiger partial charge in [-0.3, -0.25) is 25.0 Å². The minimum atomic E-state index is -0.773. The van der Waals surface area contributed by atoms with Crippen LogP contribution in [0.4, 0.5) is 17.5 Å². The number of carbonyl (C=O) groups is 1. The summed E-state index contributed by atoms with van der Waals surface area (Å²) in [4.78, 5) is 36.5. The van der Waals surface area contributed by atoms with Crippen molar-refractivity contribution in [2.24, 2.45) is 0 Å². The first-order valence-corrected chi connectivity index (χ1v) is 8.63. The molecule has 3 aromatic heterocycles. The van der Waals surface area contributed by atoms with E-state index in [0.717, 1.165) is 18.2 Å². The lowest BCUT2D eigenvalue weighted by Crippen LogP contribution is -2.11. The first-order chi connectivity index (χ1) is 14.8. The summed E-state index contributed by atoms with van der Waals surface area (Å²) in [5.74, 6) is -2.30. The van der Waals surface area contributed by atoms with Gasteiger partial charge in [-0.25, -0.2) is 0 Å². The summed E-state index contributed by atoms with van der Waals surface area (Å²) < 4.78 is 15.0. The Bertz CT molecular complexity index is 1320. The molecule has 0 spiro atoms. The van der Waals surface area contributed by atoms with Gasteiger partial charge in [0.1, 0.15) is 9.85 Å². The van der Waals surface area contributed by atoms with Gasteiger partial charge in [-0.2, -0.15) is 4.98 Å². The lowest BCUT2D eigenvalue weighted by atomic mass is 10.1. The zero-order chi connectivity index (χ0) is 22.1. The van der Waals surface area contributed by atoms with Crippen molar-refractivity contribution in [3.05, 3.63) is 73.5 Å². The number of hydrogen-bond donors (Lipinski definition) is 1. The van der Waals surface area contributed by atoms with Crippen LogP contribution in [0.3, 0.4) is 0 Å². The molecular formula is C17H8ClN5O8. The van der Waals surface area contributed by atoms with Gasteiger partial charge >= 0.3 is 11.8 Å². The first-order valence-electron chi connectivity index (χ1n) is 8.25. The summed E-state index contributed by atoms with van der Waals surface area (Å²) in [6, 6.07) is 9.02. The van der Waals surface area contributed by atoms with Crippen molar-refractivity contribution in [2.45, 2.75) is 0 Å². The van der Waals surface area contributed by atoms with E-state index in [1.165, 1.54) is 24.3 Å². The largest absolute Gasteiger partial charge is 0.433 e. The number of anilines is 1. The third-order valence-electron chi connectivity index (χ3n) is 3.87. The SMILES string of the molecule is O=C(Nc1ccc(Cl)cc1-c1noc(-c2ccc([N+](=O)[O-])o2)n1)c1ccc([N+](=O)[O-])o1. The van der Waals surface area contributed by atoms with Gasteiger partial charge in [-0.05, 0) is 30.3 Å². The summed E-state index contributed by atoms with van der Waals surface area (Å²) in [5, 5.41) is 28.1. The van der Waals surface area contributed by atoms with Crippen molar-refractivity contribution >= 4 is 35.0 Å². The molecule has 1 amide bonds. The summed E-state index contributed by atoms with van der Waals surface area (Å²) >= 11 is 6.03. The Hall–Kier alpha value is -4.52. The Balaban J connectivity index is 1.64. The zero-order valence-electron chi connectivity index (χ0n) is 15.0. The minimum absolute atomic E-state index is 0.00252. The molecule has 0 saturated heterocycles. The maximum atomic E-state index is 12.4. The lowest BCUT2D eigenvalue weighted by molar-refractivity contribution is -0.402. The lowest BCUT2D eigenvalue weighted by Gasteiger charge is -2.08. The smallest absolute Gasteiger partial charge is 0.395 e. The number of carbonyl (C=O) groups excluding carboxylic acids is 1. The van der Waals surface area contributed by atoms with Gasteiger partial charge in [0.05, 0.1) is 17.8 Å². The monoisotopic (exact) mass is 445 g/mol. The van der Waals surface area contributed by atoms with E-state index in [1.807, 2.05) is 0 Å². The van der Waals surface area contributed by atoms with Crippen LogP contribution < -0.4 is 5.32 Å². The van der Waals surface area contributed by atoms with Gasteiger partial charge in [-0.1, -0.05) is 16.8 Å². The van der Waals surface area contributed by atoms with E-state index in [2.05, 4.69) is 15.5 Å². The molecule has 0 bridgehead atoms. The fourth-order valence-corrected chi connectivity index (χ4v) is 2.69. The molecule has 0 radical (unpaired) electrons. The minimum Gasteiger partial charge on any atom is -0.395 e. The predicted molar refractivity (Wildman–Crippen MR) is 102 cm³/mol. The summed E-state index contributed by atoms with van der Waals surface area (Å²) in [6.07, 6.45) is 0. The highest BCUT2D eigenvalue weighted by Gasteiger charge is 2.22. The molecule has 156 valence electrons. The fourth-order valence-electron chi connectivity index (χ4n) is 2.52. The van der Waals surface area contributed by atoms with Crippen molar-refractivity contribution < 1.29 is 28.0 Å². The number of nitrogens with zero attached hydrogens (tertiary/aromatic N) is 4. The van der Waals surface area contributed by atoms with Gasteiger partial charge in [0.25, 0.3) is 11.8 Å². The molecule has 31 heavy (non-hydrogen) atoms. The maximum Gasteiger partial charge on any atom is 0.433 e. The average Bonchev–Trinajstić information content (AvgIpc) is 3.48. The fraction of sp³-hybridized carbons (Fsp3) is 0. The molecule has 1 aromatic carbocycles. The standard InChI is InChI=1S/C17H8ClN5O8/c18-8-1-2-10(19-16(24)11-3-5-13(29-11)22(25)26)9(7-8)15-20-17(31-21-15)12-4-6-14(30-12)23(27)28/h1-7H,(H,19,24). The number of aromatic nitrogens is 2. The number of nitro groups is 2. The average molecular weight is 446 g/mol. The van der Waals surface area contributed by atoms with E-state index in [9.17, 15) is 25.0 Å².